The maximum absolute atomic E-state index is 12.3. The number of amides is 1. The maximum Gasteiger partial charge on any atom is 0.256 e. The predicted molar refractivity (Wildman–Crippen MR) is 84.8 cm³/mol. The topological polar surface area (TPSA) is 52.9 Å². The summed E-state index contributed by atoms with van der Waals surface area (Å²) in [6.07, 6.45) is 4.28. The molecule has 1 heterocycles. The molecule has 1 aromatic carbocycles. The quantitative estimate of drug-likeness (QED) is 0.908. The highest BCUT2D eigenvalue weighted by atomic mass is 32.1. The van der Waals surface area contributed by atoms with Crippen LogP contribution in [-0.2, 0) is 12.8 Å². The number of hydrogen-bond acceptors (Lipinski definition) is 3. The van der Waals surface area contributed by atoms with Crippen LogP contribution in [0.25, 0.3) is 0 Å². The van der Waals surface area contributed by atoms with Crippen molar-refractivity contribution in [1.82, 2.24) is 0 Å². The van der Waals surface area contributed by atoms with E-state index in [0.717, 1.165) is 30.4 Å². The fourth-order valence-electron chi connectivity index (χ4n) is 2.65. The molecule has 0 fully saturated rings. The van der Waals surface area contributed by atoms with Gasteiger partial charge in [-0.3, -0.25) is 4.79 Å². The number of carbonyl (C=O) groups is 1. The second kappa shape index (κ2) is 5.71. The smallest absolute Gasteiger partial charge is 0.256 e. The molecule has 106 valence electrons. The van der Waals surface area contributed by atoms with Gasteiger partial charge in [-0.25, -0.2) is 0 Å². The van der Waals surface area contributed by atoms with Gasteiger partial charge >= 0.3 is 0 Å². The Morgan fingerprint density at radius 1 is 1.24 bits per heavy atom. The summed E-state index contributed by atoms with van der Waals surface area (Å²) >= 11 is 1.56. The Kier molecular flexibility index (Phi) is 3.76. The van der Waals surface area contributed by atoms with Crippen molar-refractivity contribution < 1.29 is 4.79 Å². The fourth-order valence-corrected chi connectivity index (χ4v) is 3.89. The Morgan fingerprint density at radius 3 is 2.67 bits per heavy atom. The lowest BCUT2D eigenvalue weighted by atomic mass is 9.96. The Hall–Kier alpha value is -2.12. The van der Waals surface area contributed by atoms with Gasteiger partial charge in [0.05, 0.1) is 5.56 Å². The molecule has 3 nitrogen and oxygen atoms in total. The van der Waals surface area contributed by atoms with Gasteiger partial charge in [0.15, 0.2) is 0 Å². The first-order chi connectivity index (χ1) is 10.2. The van der Waals surface area contributed by atoms with E-state index in [-0.39, 0.29) is 5.91 Å². The molecule has 4 heteroatoms. The number of nitriles is 1. The van der Waals surface area contributed by atoms with Gasteiger partial charge < -0.3 is 5.32 Å². The molecule has 0 bridgehead atoms. The summed E-state index contributed by atoms with van der Waals surface area (Å²) in [4.78, 5) is 13.6. The molecule has 1 aliphatic rings. The van der Waals surface area contributed by atoms with Crippen molar-refractivity contribution in [2.45, 2.75) is 32.6 Å². The summed E-state index contributed by atoms with van der Waals surface area (Å²) in [7, 11) is 0. The molecular formula is C17H16N2OS. The SMILES string of the molecule is Cc1ccc(C(=O)Nc2sc3c(c2C#N)CCCC3)cc1. The monoisotopic (exact) mass is 296 g/mol. The zero-order valence-electron chi connectivity index (χ0n) is 11.9. The second-order valence-electron chi connectivity index (χ2n) is 5.35. The lowest BCUT2D eigenvalue weighted by Gasteiger charge is -2.09. The van der Waals surface area contributed by atoms with E-state index >= 15 is 0 Å². The number of nitrogens with one attached hydrogen (secondary N) is 1. The van der Waals surface area contributed by atoms with Gasteiger partial charge in [0, 0.05) is 10.4 Å². The minimum atomic E-state index is -0.148. The van der Waals surface area contributed by atoms with Gasteiger partial charge in [-0.2, -0.15) is 5.26 Å². The predicted octanol–water partition coefficient (Wildman–Crippen LogP) is 4.06. The number of benzene rings is 1. The molecule has 0 aliphatic heterocycles. The summed E-state index contributed by atoms with van der Waals surface area (Å²) in [5.41, 5.74) is 3.55. The van der Waals surface area contributed by atoms with Crippen molar-refractivity contribution in [3.05, 3.63) is 51.4 Å². The maximum atomic E-state index is 12.3. The number of anilines is 1. The molecule has 0 atom stereocenters. The molecule has 0 saturated carbocycles. The van der Waals surface area contributed by atoms with E-state index in [1.54, 1.807) is 11.3 Å². The van der Waals surface area contributed by atoms with Gasteiger partial charge in [-0.05, 0) is 50.3 Å². The van der Waals surface area contributed by atoms with Crippen LogP contribution in [0.4, 0.5) is 5.00 Å². The second-order valence-corrected chi connectivity index (χ2v) is 6.45. The Balaban J connectivity index is 1.88. The molecule has 0 spiro atoms. The highest BCUT2D eigenvalue weighted by Gasteiger charge is 2.21. The Morgan fingerprint density at radius 2 is 1.95 bits per heavy atom. The van der Waals surface area contributed by atoms with Crippen LogP contribution in [0.2, 0.25) is 0 Å². The van der Waals surface area contributed by atoms with Crippen molar-refractivity contribution >= 4 is 22.2 Å². The van der Waals surface area contributed by atoms with E-state index in [1.165, 1.54) is 11.3 Å². The lowest BCUT2D eigenvalue weighted by molar-refractivity contribution is 0.102. The van der Waals surface area contributed by atoms with Gasteiger partial charge in [-0.15, -0.1) is 11.3 Å². The number of rotatable bonds is 2. The number of thiophene rings is 1. The molecule has 0 saturated heterocycles. The molecule has 1 amide bonds. The number of hydrogen-bond donors (Lipinski definition) is 1. The molecule has 1 aliphatic carbocycles. The van der Waals surface area contributed by atoms with Crippen molar-refractivity contribution in [3.63, 3.8) is 0 Å². The van der Waals surface area contributed by atoms with Crippen molar-refractivity contribution in [1.29, 1.82) is 5.26 Å². The minimum Gasteiger partial charge on any atom is -0.312 e. The lowest BCUT2D eigenvalue weighted by Crippen LogP contribution is -2.11. The zero-order chi connectivity index (χ0) is 14.8. The summed E-state index contributed by atoms with van der Waals surface area (Å²) in [5, 5.41) is 13.0. The molecule has 1 aromatic heterocycles. The van der Waals surface area contributed by atoms with E-state index in [9.17, 15) is 10.1 Å². The van der Waals surface area contributed by atoms with Crippen LogP contribution in [-0.4, -0.2) is 5.91 Å². The van der Waals surface area contributed by atoms with Gasteiger partial charge in [0.25, 0.3) is 5.91 Å². The summed E-state index contributed by atoms with van der Waals surface area (Å²) in [6.45, 7) is 1.99. The normalized spacial score (nSPS) is 13.3. The van der Waals surface area contributed by atoms with E-state index in [4.69, 9.17) is 0 Å². The molecule has 2 aromatic rings. The van der Waals surface area contributed by atoms with Crippen LogP contribution >= 0.6 is 11.3 Å². The first-order valence-electron chi connectivity index (χ1n) is 7.11. The van der Waals surface area contributed by atoms with Crippen LogP contribution in [0.3, 0.4) is 0 Å². The molecule has 21 heavy (non-hydrogen) atoms. The van der Waals surface area contributed by atoms with Crippen molar-refractivity contribution in [3.8, 4) is 6.07 Å². The van der Waals surface area contributed by atoms with Gasteiger partial charge in [0.1, 0.15) is 11.1 Å². The average Bonchev–Trinajstić information content (AvgIpc) is 2.84. The van der Waals surface area contributed by atoms with Gasteiger partial charge in [0.2, 0.25) is 0 Å². The van der Waals surface area contributed by atoms with E-state index < -0.39 is 0 Å². The summed E-state index contributed by atoms with van der Waals surface area (Å²) in [6, 6.07) is 9.72. The largest absolute Gasteiger partial charge is 0.312 e. The molecule has 1 N–H and O–H groups in total. The van der Waals surface area contributed by atoms with E-state index in [2.05, 4.69) is 11.4 Å². The van der Waals surface area contributed by atoms with Crippen LogP contribution in [0.5, 0.6) is 0 Å². The Bertz CT molecular complexity index is 722. The van der Waals surface area contributed by atoms with Crippen molar-refractivity contribution in [2.75, 3.05) is 5.32 Å². The first kappa shape index (κ1) is 13.8. The number of fused-ring (bicyclic) bond motifs is 1. The van der Waals surface area contributed by atoms with Crippen LogP contribution in [0.1, 0.15) is 44.8 Å². The van der Waals surface area contributed by atoms with Gasteiger partial charge in [-0.1, -0.05) is 17.7 Å². The average molecular weight is 296 g/mol. The number of carbonyl (C=O) groups excluding carboxylic acids is 1. The third-order valence-electron chi connectivity index (χ3n) is 3.82. The third kappa shape index (κ3) is 2.70. The standard InChI is InChI=1S/C17H16N2OS/c1-11-6-8-12(9-7-11)16(20)19-17-14(10-18)13-4-2-3-5-15(13)21-17/h6-9H,2-5H2,1H3,(H,19,20). The van der Waals surface area contributed by atoms with Crippen LogP contribution < -0.4 is 5.32 Å². The van der Waals surface area contributed by atoms with Crippen LogP contribution in [0.15, 0.2) is 24.3 Å². The zero-order valence-corrected chi connectivity index (χ0v) is 12.7. The highest BCUT2D eigenvalue weighted by Crippen LogP contribution is 2.37. The minimum absolute atomic E-state index is 0.148. The Labute approximate surface area is 128 Å². The number of aryl methyl sites for hydroxylation is 2. The number of nitrogens with zero attached hydrogens (tertiary/aromatic N) is 1. The fraction of sp³-hybridized carbons (Fsp3) is 0.294. The summed E-state index contributed by atoms with van der Waals surface area (Å²) < 4.78 is 0. The molecule has 0 unspecified atom stereocenters. The first-order valence-corrected chi connectivity index (χ1v) is 7.93. The van der Waals surface area contributed by atoms with E-state index in [1.807, 2.05) is 31.2 Å². The van der Waals surface area contributed by atoms with Crippen LogP contribution in [0, 0.1) is 18.3 Å². The summed E-state index contributed by atoms with van der Waals surface area (Å²) in [5.74, 6) is -0.148. The van der Waals surface area contributed by atoms with E-state index in [0.29, 0.717) is 16.1 Å². The molecular weight excluding hydrogens is 280 g/mol. The third-order valence-corrected chi connectivity index (χ3v) is 5.03. The molecule has 0 radical (unpaired) electrons. The molecule has 3 rings (SSSR count). The van der Waals surface area contributed by atoms with Crippen molar-refractivity contribution in [2.24, 2.45) is 0 Å². The highest BCUT2D eigenvalue weighted by molar-refractivity contribution is 7.16.